The molecule has 15 heavy (non-hydrogen) atoms. The Balaban J connectivity index is 2.80. The molecule has 6 heteroatoms. The van der Waals surface area contributed by atoms with Crippen LogP contribution in [0.4, 0.5) is 11.5 Å². The highest BCUT2D eigenvalue weighted by molar-refractivity contribution is 6.28. The van der Waals surface area contributed by atoms with Crippen LogP contribution in [0.5, 0.6) is 0 Å². The van der Waals surface area contributed by atoms with Gasteiger partial charge in [-0.3, -0.25) is 0 Å². The van der Waals surface area contributed by atoms with Crippen LogP contribution in [0.1, 0.15) is 0 Å². The molecule has 0 aliphatic rings. The highest BCUT2D eigenvalue weighted by atomic mass is 35.5. The van der Waals surface area contributed by atoms with Crippen molar-refractivity contribution in [1.82, 2.24) is 9.97 Å². The van der Waals surface area contributed by atoms with E-state index in [2.05, 4.69) is 20.2 Å². The van der Waals surface area contributed by atoms with Crippen LogP contribution in [0, 0.1) is 6.57 Å². The van der Waals surface area contributed by atoms with E-state index in [0.717, 1.165) is 0 Å². The number of hydrogen-bond acceptors (Lipinski definition) is 4. The van der Waals surface area contributed by atoms with Crippen molar-refractivity contribution in [2.24, 2.45) is 5.84 Å². The predicted molar refractivity (Wildman–Crippen MR) is 58.6 cm³/mol. The normalized spacial score (nSPS) is 9.93. The number of hydrazine groups is 1. The minimum atomic E-state index is 0.117. The Kier molecular flexibility index (Phi) is 2.37. The Morgan fingerprint density at radius 2 is 2.20 bits per heavy atom. The first-order valence-corrected chi connectivity index (χ1v) is 4.44. The van der Waals surface area contributed by atoms with E-state index in [-0.39, 0.29) is 5.28 Å². The van der Waals surface area contributed by atoms with E-state index >= 15 is 0 Å². The molecule has 0 bridgehead atoms. The van der Waals surface area contributed by atoms with Crippen LogP contribution in [-0.2, 0) is 0 Å². The van der Waals surface area contributed by atoms with Gasteiger partial charge in [-0.15, -0.1) is 0 Å². The van der Waals surface area contributed by atoms with Crippen molar-refractivity contribution >= 4 is 34.0 Å². The molecule has 0 aliphatic carbocycles. The zero-order valence-corrected chi connectivity index (χ0v) is 8.28. The summed E-state index contributed by atoms with van der Waals surface area (Å²) in [6, 6.07) is 5.03. The Morgan fingerprint density at radius 1 is 1.40 bits per heavy atom. The Morgan fingerprint density at radius 3 is 2.87 bits per heavy atom. The first-order chi connectivity index (χ1) is 7.24. The van der Waals surface area contributed by atoms with Crippen LogP contribution in [0.3, 0.4) is 0 Å². The van der Waals surface area contributed by atoms with Gasteiger partial charge in [0, 0.05) is 5.39 Å². The summed E-state index contributed by atoms with van der Waals surface area (Å²) in [6.45, 7) is 6.90. The number of nitrogens with one attached hydrogen (secondary N) is 1. The summed E-state index contributed by atoms with van der Waals surface area (Å²) in [6.07, 6.45) is 0. The summed E-state index contributed by atoms with van der Waals surface area (Å²) in [4.78, 5) is 11.2. The second-order valence-electron chi connectivity index (χ2n) is 2.80. The molecule has 0 saturated carbocycles. The Labute approximate surface area is 90.7 Å². The molecule has 74 valence electrons. The molecular formula is C9H6ClN5. The van der Waals surface area contributed by atoms with Gasteiger partial charge >= 0.3 is 0 Å². The number of anilines is 1. The summed E-state index contributed by atoms with van der Waals surface area (Å²) < 4.78 is 0. The van der Waals surface area contributed by atoms with Gasteiger partial charge in [-0.05, 0) is 23.7 Å². The van der Waals surface area contributed by atoms with Gasteiger partial charge in [-0.1, -0.05) is 6.07 Å². The number of benzene rings is 1. The number of nitrogen functional groups attached to an aromatic ring is 1. The maximum atomic E-state index is 6.90. The molecule has 0 fully saturated rings. The smallest absolute Gasteiger partial charge is 0.224 e. The number of halogens is 1. The molecule has 2 aromatic rings. The molecular weight excluding hydrogens is 214 g/mol. The molecule has 0 spiro atoms. The van der Waals surface area contributed by atoms with E-state index in [4.69, 9.17) is 24.0 Å². The van der Waals surface area contributed by atoms with Crippen molar-refractivity contribution in [3.8, 4) is 0 Å². The topological polar surface area (TPSA) is 68.2 Å². The van der Waals surface area contributed by atoms with Crippen molar-refractivity contribution in [1.29, 1.82) is 0 Å². The fraction of sp³-hybridized carbons (Fsp3) is 0. The number of rotatable bonds is 1. The fourth-order valence-corrected chi connectivity index (χ4v) is 1.44. The van der Waals surface area contributed by atoms with Crippen LogP contribution >= 0.6 is 11.6 Å². The SMILES string of the molecule is [C-]#[N+]c1ccc2nc(Cl)nc(NN)c2c1. The monoisotopic (exact) mass is 219 g/mol. The van der Waals surface area contributed by atoms with Crippen molar-refractivity contribution in [3.05, 3.63) is 34.9 Å². The van der Waals surface area contributed by atoms with Gasteiger partial charge < -0.3 is 5.43 Å². The maximum Gasteiger partial charge on any atom is 0.224 e. The van der Waals surface area contributed by atoms with Crippen molar-refractivity contribution in [3.63, 3.8) is 0 Å². The molecule has 5 nitrogen and oxygen atoms in total. The lowest BCUT2D eigenvalue weighted by atomic mass is 10.2. The van der Waals surface area contributed by atoms with Gasteiger partial charge in [0.05, 0.1) is 12.1 Å². The van der Waals surface area contributed by atoms with Crippen molar-refractivity contribution in [2.75, 3.05) is 5.43 Å². The molecule has 1 heterocycles. The van der Waals surface area contributed by atoms with Gasteiger partial charge in [-0.25, -0.2) is 15.7 Å². The molecule has 1 aromatic heterocycles. The third kappa shape index (κ3) is 1.68. The summed E-state index contributed by atoms with van der Waals surface area (Å²) >= 11 is 5.70. The summed E-state index contributed by atoms with van der Waals surface area (Å²) in [7, 11) is 0. The number of aromatic nitrogens is 2. The van der Waals surface area contributed by atoms with Crippen LogP contribution in [0.15, 0.2) is 18.2 Å². The number of nitrogens with zero attached hydrogens (tertiary/aromatic N) is 3. The Bertz CT molecular complexity index is 560. The van der Waals surface area contributed by atoms with Crippen molar-refractivity contribution < 1.29 is 0 Å². The molecule has 0 radical (unpaired) electrons. The quantitative estimate of drug-likeness (QED) is 0.334. The second-order valence-corrected chi connectivity index (χ2v) is 3.14. The number of nitrogens with two attached hydrogens (primary N) is 1. The summed E-state index contributed by atoms with van der Waals surface area (Å²) in [5.41, 5.74) is 3.58. The largest absolute Gasteiger partial charge is 0.308 e. The molecule has 1 aromatic carbocycles. The minimum Gasteiger partial charge on any atom is -0.308 e. The van der Waals surface area contributed by atoms with Gasteiger partial charge in [-0.2, -0.15) is 4.98 Å². The maximum absolute atomic E-state index is 6.90. The summed E-state index contributed by atoms with van der Waals surface area (Å²) in [5.74, 6) is 5.71. The number of hydrogen-bond donors (Lipinski definition) is 2. The first kappa shape index (κ1) is 9.65. The average Bonchev–Trinajstić information content (AvgIpc) is 2.27. The van der Waals surface area contributed by atoms with Crippen molar-refractivity contribution in [2.45, 2.75) is 0 Å². The third-order valence-electron chi connectivity index (χ3n) is 1.92. The zero-order chi connectivity index (χ0) is 10.8. The lowest BCUT2D eigenvalue weighted by Gasteiger charge is -2.04. The van der Waals surface area contributed by atoms with E-state index in [0.29, 0.717) is 22.4 Å². The van der Waals surface area contributed by atoms with Crippen LogP contribution in [-0.4, -0.2) is 9.97 Å². The standard InChI is InChI=1S/C9H6ClN5/c1-12-5-2-3-7-6(4-5)8(15-11)14-9(10)13-7/h2-4H,11H2,(H,13,14,15). The van der Waals surface area contributed by atoms with Crippen LogP contribution < -0.4 is 11.3 Å². The molecule has 0 atom stereocenters. The van der Waals surface area contributed by atoms with Crippen LogP contribution in [0.25, 0.3) is 15.7 Å². The fourth-order valence-electron chi connectivity index (χ4n) is 1.27. The van der Waals surface area contributed by atoms with E-state index in [1.165, 1.54) is 0 Å². The average molecular weight is 220 g/mol. The number of fused-ring (bicyclic) bond motifs is 1. The molecule has 0 aliphatic heterocycles. The van der Waals surface area contributed by atoms with E-state index < -0.39 is 0 Å². The lowest BCUT2D eigenvalue weighted by Crippen LogP contribution is -2.09. The zero-order valence-electron chi connectivity index (χ0n) is 7.53. The van der Waals surface area contributed by atoms with E-state index in [1.54, 1.807) is 18.2 Å². The van der Waals surface area contributed by atoms with Crippen LogP contribution in [0.2, 0.25) is 5.28 Å². The van der Waals surface area contributed by atoms with Gasteiger partial charge in [0.15, 0.2) is 11.5 Å². The van der Waals surface area contributed by atoms with Gasteiger partial charge in [0.1, 0.15) is 0 Å². The highest BCUT2D eigenvalue weighted by Crippen LogP contribution is 2.25. The second kappa shape index (κ2) is 3.69. The predicted octanol–water partition coefficient (Wildman–Crippen LogP) is 2.12. The minimum absolute atomic E-state index is 0.117. The molecule has 0 unspecified atom stereocenters. The first-order valence-electron chi connectivity index (χ1n) is 4.06. The van der Waals surface area contributed by atoms with E-state index in [1.807, 2.05) is 0 Å². The molecule has 3 N–H and O–H groups in total. The van der Waals surface area contributed by atoms with Gasteiger partial charge in [0.25, 0.3) is 0 Å². The highest BCUT2D eigenvalue weighted by Gasteiger charge is 2.05. The lowest BCUT2D eigenvalue weighted by molar-refractivity contribution is 1.18. The van der Waals surface area contributed by atoms with Gasteiger partial charge in [0.2, 0.25) is 5.28 Å². The molecule has 2 rings (SSSR count). The summed E-state index contributed by atoms with van der Waals surface area (Å²) in [5, 5.41) is 0.793. The third-order valence-corrected chi connectivity index (χ3v) is 2.09. The van der Waals surface area contributed by atoms with E-state index in [9.17, 15) is 0 Å². The Hall–Kier alpha value is -1.90. The molecule has 0 amide bonds. The molecule has 0 saturated heterocycles.